The van der Waals surface area contributed by atoms with Crippen LogP contribution < -0.4 is 15.2 Å². The van der Waals surface area contributed by atoms with Crippen molar-refractivity contribution in [3.63, 3.8) is 0 Å². The molecule has 0 aliphatic heterocycles. The maximum atomic E-state index is 5.80. The van der Waals surface area contributed by atoms with E-state index in [4.69, 9.17) is 15.2 Å². The van der Waals surface area contributed by atoms with Gasteiger partial charge in [0.25, 0.3) is 0 Å². The predicted octanol–water partition coefficient (Wildman–Crippen LogP) is 3.07. The average molecular weight is 342 g/mol. The highest BCUT2D eigenvalue weighted by Gasteiger charge is 2.08. The first-order valence-corrected chi connectivity index (χ1v) is 6.01. The molecule has 88 valence electrons. The number of nitrogens with zero attached hydrogens (tertiary/aromatic N) is 1. The Kier molecular flexibility index (Phi) is 3.68. The molecule has 0 saturated carbocycles. The third-order valence-electron chi connectivity index (χ3n) is 2.12. The van der Waals surface area contributed by atoms with E-state index in [2.05, 4.69) is 27.6 Å². The fourth-order valence-corrected chi connectivity index (χ4v) is 1.76. The minimum atomic E-state index is 0.355. The molecule has 1 heterocycles. The molecule has 0 unspecified atom stereocenters. The molecule has 0 fully saturated rings. The topological polar surface area (TPSA) is 57.4 Å². The van der Waals surface area contributed by atoms with Gasteiger partial charge in [-0.1, -0.05) is 12.1 Å². The fraction of sp³-hybridized carbons (Fsp3) is 0.0833. The number of hydrogen-bond donors (Lipinski definition) is 1. The second kappa shape index (κ2) is 5.22. The van der Waals surface area contributed by atoms with Gasteiger partial charge in [-0.05, 0) is 40.8 Å². The fourth-order valence-electron chi connectivity index (χ4n) is 1.26. The van der Waals surface area contributed by atoms with Gasteiger partial charge in [-0.2, -0.15) is 4.98 Å². The summed E-state index contributed by atoms with van der Waals surface area (Å²) in [5.74, 6) is 1.55. The van der Waals surface area contributed by atoms with Crippen molar-refractivity contribution in [3.8, 4) is 17.5 Å². The van der Waals surface area contributed by atoms with Gasteiger partial charge >= 0.3 is 0 Å². The van der Waals surface area contributed by atoms with E-state index in [1.54, 1.807) is 19.2 Å². The van der Waals surface area contributed by atoms with Crippen molar-refractivity contribution in [1.82, 2.24) is 4.98 Å². The molecule has 1 aromatic carbocycles. The van der Waals surface area contributed by atoms with Crippen molar-refractivity contribution in [2.24, 2.45) is 0 Å². The second-order valence-corrected chi connectivity index (χ2v) is 4.44. The average Bonchev–Trinajstić information content (AvgIpc) is 2.35. The third kappa shape index (κ3) is 2.79. The molecule has 0 spiro atoms. The quantitative estimate of drug-likeness (QED) is 0.871. The van der Waals surface area contributed by atoms with E-state index in [-0.39, 0.29) is 0 Å². The Balaban J connectivity index is 2.32. The van der Waals surface area contributed by atoms with E-state index in [1.165, 1.54) is 0 Å². The number of aromatic nitrogens is 1. The first-order valence-electron chi connectivity index (χ1n) is 4.93. The molecule has 2 rings (SSSR count). The Morgan fingerprint density at radius 3 is 2.65 bits per heavy atom. The summed E-state index contributed by atoms with van der Waals surface area (Å²) in [7, 11) is 1.55. The second-order valence-electron chi connectivity index (χ2n) is 3.28. The highest BCUT2D eigenvalue weighted by molar-refractivity contribution is 14.1. The lowest BCUT2D eigenvalue weighted by molar-refractivity contribution is 0.384. The number of para-hydroxylation sites is 1. The molecule has 4 nitrogen and oxygen atoms in total. The zero-order valence-electron chi connectivity index (χ0n) is 9.18. The molecule has 2 N–H and O–H groups in total. The van der Waals surface area contributed by atoms with Crippen LogP contribution in [0.15, 0.2) is 36.4 Å². The number of rotatable bonds is 3. The number of benzene rings is 1. The van der Waals surface area contributed by atoms with Gasteiger partial charge in [0, 0.05) is 6.07 Å². The minimum Gasteiger partial charge on any atom is -0.481 e. The smallest absolute Gasteiger partial charge is 0.246 e. The van der Waals surface area contributed by atoms with E-state index in [0.29, 0.717) is 17.4 Å². The summed E-state index contributed by atoms with van der Waals surface area (Å²) < 4.78 is 11.7. The lowest BCUT2D eigenvalue weighted by Gasteiger charge is -2.09. The lowest BCUT2D eigenvalue weighted by Crippen LogP contribution is -1.97. The molecular weight excluding hydrogens is 331 g/mol. The van der Waals surface area contributed by atoms with Crippen molar-refractivity contribution in [2.75, 3.05) is 12.8 Å². The van der Waals surface area contributed by atoms with Gasteiger partial charge in [0.1, 0.15) is 5.75 Å². The lowest BCUT2D eigenvalue weighted by atomic mass is 10.3. The van der Waals surface area contributed by atoms with Crippen LogP contribution in [0.5, 0.6) is 17.5 Å². The molecule has 0 amide bonds. The van der Waals surface area contributed by atoms with Crippen LogP contribution in [0, 0.1) is 3.57 Å². The molecule has 2 aromatic rings. The molecule has 5 heteroatoms. The highest BCUT2D eigenvalue weighted by Crippen LogP contribution is 2.30. The summed E-state index contributed by atoms with van der Waals surface area (Å²) in [6.45, 7) is 0. The summed E-state index contributed by atoms with van der Waals surface area (Å²) >= 11 is 2.19. The molecule has 17 heavy (non-hydrogen) atoms. The summed E-state index contributed by atoms with van der Waals surface area (Å²) in [5, 5.41) is 0. The van der Waals surface area contributed by atoms with Crippen molar-refractivity contribution < 1.29 is 9.47 Å². The summed E-state index contributed by atoms with van der Waals surface area (Å²) in [5.41, 5.74) is 6.27. The maximum Gasteiger partial charge on any atom is 0.246 e. The summed E-state index contributed by atoms with van der Waals surface area (Å²) in [4.78, 5) is 4.15. The Hall–Kier alpha value is -1.50. The van der Waals surface area contributed by atoms with E-state index in [0.717, 1.165) is 9.32 Å². The Labute approximate surface area is 113 Å². The number of hydrogen-bond acceptors (Lipinski definition) is 4. The molecule has 1 aromatic heterocycles. The van der Waals surface area contributed by atoms with Crippen LogP contribution in [-0.2, 0) is 0 Å². The maximum absolute atomic E-state index is 5.80. The van der Waals surface area contributed by atoms with Crippen LogP contribution in [-0.4, -0.2) is 12.1 Å². The van der Waals surface area contributed by atoms with Gasteiger partial charge in [-0.25, -0.2) is 0 Å². The van der Waals surface area contributed by atoms with E-state index in [1.807, 2.05) is 24.3 Å². The number of methoxy groups -OCH3 is 1. The molecule has 0 saturated heterocycles. The number of halogens is 1. The number of nitrogens with two attached hydrogens (primary N) is 1. The van der Waals surface area contributed by atoms with E-state index < -0.39 is 0 Å². The van der Waals surface area contributed by atoms with Crippen LogP contribution in [0.1, 0.15) is 0 Å². The number of nitrogen functional groups attached to an aromatic ring is 1. The molecule has 0 aliphatic carbocycles. The van der Waals surface area contributed by atoms with Crippen molar-refractivity contribution in [2.45, 2.75) is 0 Å². The largest absolute Gasteiger partial charge is 0.481 e. The van der Waals surface area contributed by atoms with E-state index >= 15 is 0 Å². The van der Waals surface area contributed by atoms with Gasteiger partial charge in [-0.15, -0.1) is 0 Å². The predicted molar refractivity (Wildman–Crippen MR) is 74.4 cm³/mol. The SMILES string of the molecule is COc1ccc(N)c(Oc2ccccc2I)n1. The Morgan fingerprint density at radius 1 is 1.18 bits per heavy atom. The first-order chi connectivity index (χ1) is 8.20. The molecule has 0 aliphatic rings. The van der Waals surface area contributed by atoms with Crippen LogP contribution in [0.4, 0.5) is 5.69 Å². The van der Waals surface area contributed by atoms with Crippen molar-refractivity contribution in [3.05, 3.63) is 40.0 Å². The van der Waals surface area contributed by atoms with Gasteiger partial charge in [0.05, 0.1) is 16.4 Å². The van der Waals surface area contributed by atoms with Crippen molar-refractivity contribution in [1.29, 1.82) is 0 Å². The minimum absolute atomic E-state index is 0.355. The molecular formula is C12H11IN2O2. The number of pyridine rings is 1. The van der Waals surface area contributed by atoms with Crippen LogP contribution in [0.25, 0.3) is 0 Å². The van der Waals surface area contributed by atoms with Crippen LogP contribution in [0.3, 0.4) is 0 Å². The zero-order chi connectivity index (χ0) is 12.3. The molecule has 0 radical (unpaired) electrons. The van der Waals surface area contributed by atoms with Gasteiger partial charge in [0.15, 0.2) is 0 Å². The molecule has 0 atom stereocenters. The van der Waals surface area contributed by atoms with E-state index in [9.17, 15) is 0 Å². The molecule has 0 bridgehead atoms. The number of anilines is 1. The van der Waals surface area contributed by atoms with Gasteiger partial charge in [0.2, 0.25) is 11.8 Å². The highest BCUT2D eigenvalue weighted by atomic mass is 127. The monoisotopic (exact) mass is 342 g/mol. The third-order valence-corrected chi connectivity index (χ3v) is 3.01. The first kappa shape index (κ1) is 12.0. The standard InChI is InChI=1S/C12H11IN2O2/c1-16-11-7-6-9(14)12(15-11)17-10-5-3-2-4-8(10)13/h2-7H,14H2,1H3. The van der Waals surface area contributed by atoms with Crippen molar-refractivity contribution >= 4 is 28.3 Å². The van der Waals surface area contributed by atoms with Crippen LogP contribution >= 0.6 is 22.6 Å². The Bertz CT molecular complexity index is 532. The normalized spacial score (nSPS) is 10.0. The van der Waals surface area contributed by atoms with Gasteiger partial charge < -0.3 is 15.2 Å². The zero-order valence-corrected chi connectivity index (χ0v) is 11.3. The van der Waals surface area contributed by atoms with Gasteiger partial charge in [-0.3, -0.25) is 0 Å². The summed E-state index contributed by atoms with van der Waals surface area (Å²) in [6, 6.07) is 11.1. The summed E-state index contributed by atoms with van der Waals surface area (Å²) in [6.07, 6.45) is 0. The number of ether oxygens (including phenoxy) is 2. The van der Waals surface area contributed by atoms with Crippen LogP contribution in [0.2, 0.25) is 0 Å². The Morgan fingerprint density at radius 2 is 1.94 bits per heavy atom.